The number of nitrogens with one attached hydrogen (secondary N) is 1. The van der Waals surface area contributed by atoms with E-state index in [2.05, 4.69) is 5.32 Å². The van der Waals surface area contributed by atoms with Gasteiger partial charge in [-0.2, -0.15) is 0 Å². The molecule has 1 aromatic carbocycles. The van der Waals surface area contributed by atoms with Crippen LogP contribution in [0.1, 0.15) is 18.4 Å². The first-order chi connectivity index (χ1) is 7.65. The summed E-state index contributed by atoms with van der Waals surface area (Å²) in [6, 6.07) is 7.49. The average Bonchev–Trinajstić information content (AvgIpc) is 2.23. The second-order valence-electron chi connectivity index (χ2n) is 4.24. The first kappa shape index (κ1) is 11.0. The van der Waals surface area contributed by atoms with Gasteiger partial charge < -0.3 is 11.1 Å². The summed E-state index contributed by atoms with van der Waals surface area (Å²) >= 11 is 0. The summed E-state index contributed by atoms with van der Waals surface area (Å²) in [6.07, 6.45) is 1.99. The molecule has 1 saturated carbocycles. The summed E-state index contributed by atoms with van der Waals surface area (Å²) in [7, 11) is 0. The smallest absolute Gasteiger partial charge is 0.269 e. The molecule has 86 valence electrons. The van der Waals surface area contributed by atoms with E-state index in [0.717, 1.165) is 18.4 Å². The molecule has 0 saturated heterocycles. The van der Waals surface area contributed by atoms with Crippen molar-refractivity contribution in [3.05, 3.63) is 39.9 Å². The number of nitrogens with two attached hydrogens (primary N) is 1. The highest BCUT2D eigenvalue weighted by Gasteiger charge is 2.24. The lowest BCUT2D eigenvalue weighted by atomic mass is 9.87. The number of hydrogen-bond donors (Lipinski definition) is 2. The fourth-order valence-electron chi connectivity index (χ4n) is 1.87. The maximum Gasteiger partial charge on any atom is 0.269 e. The molecule has 0 radical (unpaired) electrons. The van der Waals surface area contributed by atoms with Gasteiger partial charge >= 0.3 is 0 Å². The Morgan fingerprint density at radius 2 is 2.25 bits per heavy atom. The van der Waals surface area contributed by atoms with Crippen molar-refractivity contribution in [2.45, 2.75) is 31.5 Å². The van der Waals surface area contributed by atoms with Crippen molar-refractivity contribution in [2.75, 3.05) is 0 Å². The number of nitro benzene ring substituents is 1. The van der Waals surface area contributed by atoms with Crippen LogP contribution < -0.4 is 11.1 Å². The zero-order chi connectivity index (χ0) is 11.5. The van der Waals surface area contributed by atoms with Crippen LogP contribution in [-0.2, 0) is 6.54 Å². The molecule has 2 rings (SSSR count). The van der Waals surface area contributed by atoms with Gasteiger partial charge in [-0.15, -0.1) is 0 Å². The highest BCUT2D eigenvalue weighted by molar-refractivity contribution is 5.34. The van der Waals surface area contributed by atoms with Gasteiger partial charge in [-0.1, -0.05) is 12.1 Å². The Morgan fingerprint density at radius 1 is 1.50 bits per heavy atom. The van der Waals surface area contributed by atoms with E-state index in [0.29, 0.717) is 18.6 Å². The van der Waals surface area contributed by atoms with Crippen LogP contribution in [-0.4, -0.2) is 17.0 Å². The summed E-state index contributed by atoms with van der Waals surface area (Å²) < 4.78 is 0. The van der Waals surface area contributed by atoms with Crippen LogP contribution in [0.3, 0.4) is 0 Å². The van der Waals surface area contributed by atoms with Crippen LogP contribution >= 0.6 is 0 Å². The lowest BCUT2D eigenvalue weighted by molar-refractivity contribution is -0.384. The van der Waals surface area contributed by atoms with Gasteiger partial charge in [0, 0.05) is 30.8 Å². The molecule has 1 fully saturated rings. The van der Waals surface area contributed by atoms with Crippen LogP contribution in [0.2, 0.25) is 0 Å². The first-order valence-corrected chi connectivity index (χ1v) is 5.37. The van der Waals surface area contributed by atoms with Crippen LogP contribution in [0.15, 0.2) is 24.3 Å². The third-order valence-corrected chi connectivity index (χ3v) is 2.89. The fraction of sp³-hybridized carbons (Fsp3) is 0.455. The monoisotopic (exact) mass is 221 g/mol. The molecule has 1 aliphatic rings. The molecule has 0 atom stereocenters. The first-order valence-electron chi connectivity index (χ1n) is 5.37. The normalized spacial score (nSPS) is 23.8. The predicted octanol–water partition coefficient (Wildman–Crippen LogP) is 1.17. The Kier molecular flexibility index (Phi) is 3.17. The Hall–Kier alpha value is -1.46. The lowest BCUT2D eigenvalue weighted by Gasteiger charge is -2.33. The molecule has 3 N–H and O–H groups in total. The zero-order valence-electron chi connectivity index (χ0n) is 8.93. The molecule has 0 aromatic heterocycles. The van der Waals surface area contributed by atoms with Gasteiger partial charge in [0.15, 0.2) is 0 Å². The van der Waals surface area contributed by atoms with Crippen LogP contribution in [0.25, 0.3) is 0 Å². The fourth-order valence-corrected chi connectivity index (χ4v) is 1.87. The van der Waals surface area contributed by atoms with Gasteiger partial charge in [-0.05, 0) is 18.4 Å². The topological polar surface area (TPSA) is 81.2 Å². The van der Waals surface area contributed by atoms with Crippen LogP contribution in [0.4, 0.5) is 5.69 Å². The molecule has 0 unspecified atom stereocenters. The summed E-state index contributed by atoms with van der Waals surface area (Å²) in [5.41, 5.74) is 6.76. The minimum Gasteiger partial charge on any atom is -0.328 e. The van der Waals surface area contributed by atoms with E-state index < -0.39 is 0 Å². The number of nitrogens with zero attached hydrogens (tertiary/aromatic N) is 1. The van der Waals surface area contributed by atoms with Gasteiger partial charge in [-0.25, -0.2) is 0 Å². The van der Waals surface area contributed by atoms with E-state index >= 15 is 0 Å². The maximum absolute atomic E-state index is 10.6. The van der Waals surface area contributed by atoms with Crippen molar-refractivity contribution >= 4 is 5.69 Å². The number of benzene rings is 1. The summed E-state index contributed by atoms with van der Waals surface area (Å²) in [5, 5.41) is 13.9. The Bertz CT molecular complexity index is 389. The standard InChI is InChI=1S/C11H15N3O2/c12-9-5-10(6-9)13-7-8-2-1-3-11(4-8)14(15)16/h1-4,9-10,13H,5-7,12H2. The third-order valence-electron chi connectivity index (χ3n) is 2.89. The molecular weight excluding hydrogens is 206 g/mol. The van der Waals surface area contributed by atoms with Gasteiger partial charge in [-0.3, -0.25) is 10.1 Å². The van der Waals surface area contributed by atoms with E-state index in [4.69, 9.17) is 5.73 Å². The molecule has 5 heteroatoms. The van der Waals surface area contributed by atoms with Crippen molar-refractivity contribution < 1.29 is 4.92 Å². The number of hydrogen-bond acceptors (Lipinski definition) is 4. The SMILES string of the molecule is NC1CC(NCc2cccc([N+](=O)[O-])c2)C1. The minimum absolute atomic E-state index is 0.143. The van der Waals surface area contributed by atoms with E-state index in [1.807, 2.05) is 6.07 Å². The second kappa shape index (κ2) is 4.59. The van der Waals surface area contributed by atoms with E-state index in [-0.39, 0.29) is 10.6 Å². The molecule has 5 nitrogen and oxygen atoms in total. The molecular formula is C11H15N3O2. The van der Waals surface area contributed by atoms with Gasteiger partial charge in [0.1, 0.15) is 0 Å². The molecule has 1 aliphatic carbocycles. The summed E-state index contributed by atoms with van der Waals surface area (Å²) in [5.74, 6) is 0. The van der Waals surface area contributed by atoms with Crippen molar-refractivity contribution in [1.29, 1.82) is 0 Å². The predicted molar refractivity (Wildman–Crippen MR) is 60.9 cm³/mol. The Morgan fingerprint density at radius 3 is 2.88 bits per heavy atom. The van der Waals surface area contributed by atoms with E-state index in [1.165, 1.54) is 6.07 Å². The van der Waals surface area contributed by atoms with Crippen molar-refractivity contribution in [3.63, 3.8) is 0 Å². The van der Waals surface area contributed by atoms with Crippen LogP contribution in [0, 0.1) is 10.1 Å². The summed E-state index contributed by atoms with van der Waals surface area (Å²) in [4.78, 5) is 10.2. The average molecular weight is 221 g/mol. The minimum atomic E-state index is -0.372. The highest BCUT2D eigenvalue weighted by Crippen LogP contribution is 2.18. The maximum atomic E-state index is 10.6. The largest absolute Gasteiger partial charge is 0.328 e. The Labute approximate surface area is 93.8 Å². The molecule has 0 bridgehead atoms. The highest BCUT2D eigenvalue weighted by atomic mass is 16.6. The quantitative estimate of drug-likeness (QED) is 0.590. The number of rotatable bonds is 4. The Balaban J connectivity index is 1.89. The van der Waals surface area contributed by atoms with Crippen molar-refractivity contribution in [1.82, 2.24) is 5.32 Å². The molecule has 16 heavy (non-hydrogen) atoms. The third kappa shape index (κ3) is 2.56. The van der Waals surface area contributed by atoms with Crippen LogP contribution in [0.5, 0.6) is 0 Å². The number of nitro groups is 1. The molecule has 0 spiro atoms. The second-order valence-corrected chi connectivity index (χ2v) is 4.24. The van der Waals surface area contributed by atoms with E-state index in [1.54, 1.807) is 12.1 Å². The van der Waals surface area contributed by atoms with Gasteiger partial charge in [0.25, 0.3) is 5.69 Å². The zero-order valence-corrected chi connectivity index (χ0v) is 8.93. The van der Waals surface area contributed by atoms with E-state index in [9.17, 15) is 10.1 Å². The van der Waals surface area contributed by atoms with Crippen molar-refractivity contribution in [2.24, 2.45) is 5.73 Å². The number of non-ortho nitro benzene ring substituents is 1. The van der Waals surface area contributed by atoms with Crippen molar-refractivity contribution in [3.8, 4) is 0 Å². The molecule has 1 aromatic rings. The lowest BCUT2D eigenvalue weighted by Crippen LogP contribution is -2.48. The van der Waals surface area contributed by atoms with Gasteiger partial charge in [0.2, 0.25) is 0 Å². The van der Waals surface area contributed by atoms with Gasteiger partial charge in [0.05, 0.1) is 4.92 Å². The molecule has 0 heterocycles. The molecule has 0 aliphatic heterocycles. The molecule has 0 amide bonds. The summed E-state index contributed by atoms with van der Waals surface area (Å²) in [6.45, 7) is 0.666.